The molecule has 0 aliphatic carbocycles. The summed E-state index contributed by atoms with van der Waals surface area (Å²) in [5, 5.41) is 0. The Kier molecular flexibility index (Phi) is 12.4. The number of ketones is 3. The fourth-order valence-corrected chi connectivity index (χ4v) is 4.70. The van der Waals surface area contributed by atoms with Gasteiger partial charge in [-0.2, -0.15) is 0 Å². The molecule has 0 aromatic rings. The quantitative estimate of drug-likeness (QED) is 0.155. The van der Waals surface area contributed by atoms with Crippen molar-refractivity contribution in [1.82, 2.24) is 0 Å². The summed E-state index contributed by atoms with van der Waals surface area (Å²) in [5.74, 6) is 1.01. The van der Waals surface area contributed by atoms with Gasteiger partial charge in [0.05, 0.1) is 17.3 Å². The second-order valence-corrected chi connectivity index (χ2v) is 18.0. The third-order valence-corrected chi connectivity index (χ3v) is 7.23. The number of carbonyl (C=O) groups excluding carboxylic acids is 3. The Morgan fingerprint density at radius 3 is 0.675 bits per heavy atom. The van der Waals surface area contributed by atoms with Crippen LogP contribution in [0, 0.1) is 32.5 Å². The molecule has 228 valence electrons. The van der Waals surface area contributed by atoms with Crippen LogP contribution < -0.4 is 0 Å². The minimum absolute atomic E-state index is 0.0887. The van der Waals surface area contributed by atoms with E-state index in [1.807, 2.05) is 125 Å². The molecule has 0 spiro atoms. The Morgan fingerprint density at radius 2 is 0.550 bits per heavy atom. The van der Waals surface area contributed by atoms with Crippen molar-refractivity contribution in [3.05, 3.63) is 35.5 Å². The second kappa shape index (κ2) is 13.0. The molecule has 0 unspecified atom stereocenters. The molecule has 0 atom stereocenters. The average molecular weight is 577 g/mol. The summed E-state index contributed by atoms with van der Waals surface area (Å²) in [5.41, 5.74) is -3.45. The summed E-state index contributed by atoms with van der Waals surface area (Å²) in [6, 6.07) is 0. The molecule has 0 amide bonds. The molecule has 0 bridgehead atoms. The first-order valence-corrected chi connectivity index (χ1v) is 15.6. The molecule has 0 aliphatic rings. The van der Waals surface area contributed by atoms with Gasteiger partial charge in [0.15, 0.2) is 17.3 Å². The second-order valence-electron chi connectivity index (χ2n) is 16.8. The zero-order chi connectivity index (χ0) is 32.3. The molecule has 0 saturated carbocycles. The van der Waals surface area contributed by atoms with E-state index in [1.165, 1.54) is 18.2 Å². The van der Waals surface area contributed by atoms with Crippen molar-refractivity contribution in [1.29, 1.82) is 0 Å². The van der Waals surface area contributed by atoms with E-state index in [0.29, 0.717) is 17.3 Å². The highest BCUT2D eigenvalue weighted by Gasteiger charge is 2.50. The molecule has 0 saturated heterocycles. The first-order valence-electron chi connectivity index (χ1n) is 14.2. The summed E-state index contributed by atoms with van der Waals surface area (Å²) in [7, 11) is 0. The summed E-state index contributed by atoms with van der Waals surface area (Å²) in [6.45, 7) is 34.2. The third-order valence-electron chi connectivity index (χ3n) is 5.89. The normalized spacial score (nSPS) is 15.0. The number of carbonyl (C=O) groups is 3. The first kappa shape index (κ1) is 38.2. The molecule has 0 aliphatic heterocycles. The lowest BCUT2D eigenvalue weighted by Gasteiger charge is -2.33. The van der Waals surface area contributed by atoms with Crippen molar-refractivity contribution in [2.45, 2.75) is 125 Å². The fraction of sp³-hybridized carbons (Fsp3) is 0.727. The maximum atomic E-state index is 13.0. The van der Waals surface area contributed by atoms with E-state index in [9.17, 15) is 14.4 Å². The lowest BCUT2D eigenvalue weighted by atomic mass is 9.87. The van der Waals surface area contributed by atoms with E-state index in [2.05, 4.69) is 0 Å². The molecule has 6 nitrogen and oxygen atoms in total. The van der Waals surface area contributed by atoms with Crippen LogP contribution in [0.15, 0.2) is 35.5 Å². The zero-order valence-electron chi connectivity index (χ0n) is 28.8. The van der Waals surface area contributed by atoms with E-state index in [0.717, 1.165) is 0 Å². The van der Waals surface area contributed by atoms with Crippen LogP contribution in [-0.2, 0) is 25.7 Å². The Balaban J connectivity index is 7.14. The van der Waals surface area contributed by atoms with Crippen LogP contribution in [0.2, 0.25) is 0 Å². The smallest absolute Gasteiger partial charge is 0.580 e. The van der Waals surface area contributed by atoms with Gasteiger partial charge in [-0.25, -0.2) is 0 Å². The zero-order valence-corrected chi connectivity index (χ0v) is 29.9. The Hall–Kier alpha value is -1.84. The van der Waals surface area contributed by atoms with Gasteiger partial charge in [0.2, 0.25) is 0 Å². The average Bonchev–Trinajstić information content (AvgIpc) is 2.67. The van der Waals surface area contributed by atoms with Gasteiger partial charge in [0.25, 0.3) is 0 Å². The molecule has 0 aromatic carbocycles. The fourth-order valence-electron chi connectivity index (χ4n) is 2.67. The van der Waals surface area contributed by atoms with Crippen molar-refractivity contribution in [3.8, 4) is 0 Å². The number of hydrogen-bond acceptors (Lipinski definition) is 6. The van der Waals surface area contributed by atoms with Crippen molar-refractivity contribution in [3.63, 3.8) is 0 Å². The largest absolute Gasteiger partial charge is 1.20 e. The molecule has 0 aromatic heterocycles. The van der Waals surface area contributed by atoms with Crippen LogP contribution in [0.3, 0.4) is 0 Å². The van der Waals surface area contributed by atoms with Gasteiger partial charge >= 0.3 is 15.1 Å². The van der Waals surface area contributed by atoms with Crippen molar-refractivity contribution >= 4 is 32.5 Å². The standard InChI is InChI=1S/3C11H20O2.Al/c3*1-10(2,3)8(12)7-9(13)11(4,5)6;/h3*7,12H,1-6H3;/q;;;+3/p-3/b3*8-7-;. The monoisotopic (exact) mass is 576 g/mol. The predicted molar refractivity (Wildman–Crippen MR) is 165 cm³/mol. The van der Waals surface area contributed by atoms with Crippen molar-refractivity contribution < 1.29 is 25.7 Å². The van der Waals surface area contributed by atoms with Gasteiger partial charge in [-0.1, -0.05) is 125 Å². The lowest BCUT2D eigenvalue weighted by Crippen LogP contribution is -2.35. The van der Waals surface area contributed by atoms with E-state index >= 15 is 0 Å². The van der Waals surface area contributed by atoms with E-state index < -0.39 is 47.6 Å². The molecular formula is C33H57AlO6. The van der Waals surface area contributed by atoms with Gasteiger partial charge in [-0.3, -0.25) is 14.4 Å². The molecule has 0 fully saturated rings. The molecule has 0 N–H and O–H groups in total. The molecule has 0 heterocycles. The van der Waals surface area contributed by atoms with Crippen LogP contribution in [0.1, 0.15) is 125 Å². The van der Waals surface area contributed by atoms with Crippen molar-refractivity contribution in [2.24, 2.45) is 32.5 Å². The lowest BCUT2D eigenvalue weighted by molar-refractivity contribution is -0.122. The van der Waals surface area contributed by atoms with Crippen LogP contribution in [0.25, 0.3) is 0 Å². The molecule has 0 rings (SSSR count). The Bertz CT molecular complexity index is 885. The number of rotatable bonds is 9. The van der Waals surface area contributed by atoms with Crippen LogP contribution in [0.5, 0.6) is 0 Å². The Morgan fingerprint density at radius 1 is 0.375 bits per heavy atom. The summed E-state index contributed by atoms with van der Waals surface area (Å²) in [6.07, 6.45) is 4.57. The topological polar surface area (TPSA) is 78.9 Å². The van der Waals surface area contributed by atoms with Gasteiger partial charge in [-0.15, -0.1) is 0 Å². The van der Waals surface area contributed by atoms with Gasteiger partial charge in [0.1, 0.15) is 0 Å². The van der Waals surface area contributed by atoms with Crippen LogP contribution in [-0.4, -0.2) is 32.5 Å². The summed E-state index contributed by atoms with van der Waals surface area (Å²) < 4.78 is 19.5. The maximum absolute atomic E-state index is 13.0. The third kappa shape index (κ3) is 13.2. The van der Waals surface area contributed by atoms with Gasteiger partial charge < -0.3 is 11.4 Å². The number of allylic oxidation sites excluding steroid dienone is 6. The minimum atomic E-state index is -3.21. The van der Waals surface area contributed by atoms with Crippen molar-refractivity contribution in [2.75, 3.05) is 0 Å². The highest BCUT2D eigenvalue weighted by Crippen LogP contribution is 2.35. The highest BCUT2D eigenvalue weighted by molar-refractivity contribution is 6.38. The first-order chi connectivity index (χ1) is 17.4. The van der Waals surface area contributed by atoms with Crippen LogP contribution >= 0.6 is 0 Å². The van der Waals surface area contributed by atoms with Gasteiger partial charge in [-0.05, 0) is 0 Å². The molecule has 7 heteroatoms. The van der Waals surface area contributed by atoms with E-state index in [4.69, 9.17) is 11.4 Å². The van der Waals surface area contributed by atoms with Gasteiger partial charge in [0, 0.05) is 50.7 Å². The summed E-state index contributed by atoms with van der Waals surface area (Å²) >= 11 is -3.21. The maximum Gasteiger partial charge on any atom is 1.20 e. The highest BCUT2D eigenvalue weighted by atomic mass is 27.3. The predicted octanol–water partition coefficient (Wildman–Crippen LogP) is 8.66. The molecule has 0 radical (unpaired) electrons. The molecule has 40 heavy (non-hydrogen) atoms. The molecular weight excluding hydrogens is 519 g/mol. The SMILES string of the molecule is CC(C)(C)C(=O)/C=C(\[O][Al]([O]/C(=C\C(=O)C(C)(C)C)C(C)(C)C)[O]/C(=C\C(=O)C(C)(C)C)C(C)(C)C)C(C)(C)C. The number of hydrogen-bond donors (Lipinski definition) is 0. The van der Waals surface area contributed by atoms with E-state index in [-0.39, 0.29) is 17.3 Å². The minimum Gasteiger partial charge on any atom is -0.580 e. The van der Waals surface area contributed by atoms with E-state index in [1.54, 1.807) is 0 Å². The van der Waals surface area contributed by atoms with Crippen LogP contribution in [0.4, 0.5) is 0 Å². The Labute approximate surface area is 250 Å². The summed E-state index contributed by atoms with van der Waals surface area (Å²) in [4.78, 5) is 39.1.